The molecule has 0 amide bonds. The third-order valence-electron chi connectivity index (χ3n) is 9.00. The Morgan fingerprint density at radius 1 is 0.592 bits per heavy atom. The highest BCUT2D eigenvalue weighted by Crippen LogP contribution is 2.33. The largest absolute Gasteiger partial charge is 0.494 e. The average Bonchev–Trinajstić information content (AvgIpc) is 3.73. The highest BCUT2D eigenvalue weighted by molar-refractivity contribution is 6.95. The second-order valence-corrected chi connectivity index (χ2v) is 14.4. The van der Waals surface area contributed by atoms with Gasteiger partial charge in [0.15, 0.2) is 0 Å². The van der Waals surface area contributed by atoms with Crippen molar-refractivity contribution in [2.45, 2.75) is 24.9 Å². The van der Waals surface area contributed by atoms with Crippen LogP contribution in [0, 0.1) is 0 Å². The van der Waals surface area contributed by atoms with Crippen LogP contribution in [0.25, 0.3) is 0 Å². The Kier molecular flexibility index (Phi) is 11.7. The molecule has 0 atom stereocenters. The number of imidazole rings is 1. The van der Waals surface area contributed by atoms with Crippen LogP contribution in [0.2, 0.25) is 0 Å². The summed E-state index contributed by atoms with van der Waals surface area (Å²) in [5.41, 5.74) is 6.59. The van der Waals surface area contributed by atoms with Crippen LogP contribution in [0.4, 0.5) is 0 Å². The summed E-state index contributed by atoms with van der Waals surface area (Å²) in [6.45, 7) is 3.27. The highest BCUT2D eigenvalue weighted by atomic mass is 28.2. The first kappa shape index (κ1) is 33.5. The summed E-state index contributed by atoms with van der Waals surface area (Å²) < 4.78 is 8.16. The van der Waals surface area contributed by atoms with E-state index in [-0.39, 0.29) is 5.16 Å². The molecule has 7 rings (SSSR count). The first-order valence-corrected chi connectivity index (χ1v) is 18.7. The Balaban J connectivity index is 0.000000188. The molecule has 7 aromatic rings. The minimum Gasteiger partial charge on any atom is -0.494 e. The molecule has 0 saturated carbocycles. The van der Waals surface area contributed by atoms with Crippen LogP contribution >= 0.6 is 0 Å². The number of benzene rings is 6. The van der Waals surface area contributed by atoms with E-state index in [4.69, 9.17) is 4.74 Å². The van der Waals surface area contributed by atoms with Gasteiger partial charge in [-0.3, -0.25) is 0 Å². The van der Waals surface area contributed by atoms with Crippen molar-refractivity contribution in [1.82, 2.24) is 9.55 Å². The molecule has 3 nitrogen and oxygen atoms in total. The molecule has 0 aliphatic heterocycles. The fourth-order valence-electron chi connectivity index (χ4n) is 6.52. The zero-order chi connectivity index (χ0) is 33.6. The van der Waals surface area contributed by atoms with Crippen molar-refractivity contribution < 1.29 is 4.74 Å². The Bertz CT molecular complexity index is 1790. The van der Waals surface area contributed by atoms with E-state index >= 15 is 0 Å². The van der Waals surface area contributed by atoms with Gasteiger partial charge in [0.2, 0.25) is 6.71 Å². The van der Waals surface area contributed by atoms with Crippen LogP contribution in [0.15, 0.2) is 195 Å². The maximum atomic E-state index is 5.87. The van der Waals surface area contributed by atoms with E-state index in [1.165, 1.54) is 32.7 Å². The predicted molar refractivity (Wildman–Crippen MR) is 210 cm³/mol. The molecular weight excluding hydrogens is 611 g/mol. The first-order chi connectivity index (χ1) is 24.3. The van der Waals surface area contributed by atoms with Crippen LogP contribution in [0.5, 0.6) is 5.75 Å². The van der Waals surface area contributed by atoms with Crippen molar-refractivity contribution >= 4 is 37.8 Å². The topological polar surface area (TPSA) is 27.1 Å². The van der Waals surface area contributed by atoms with Gasteiger partial charge in [-0.05, 0) is 29.7 Å². The fraction of sp³-hybridized carbons (Fsp3) is 0.114. The standard InChI is InChI=1S/C26H28N2OSi.C18H15B/c1-2-3-20-29-24-14-16-25(17-15-24)30-26(28-19-18-27-21-28,22-10-6-4-7-11-22)23-12-8-5-9-13-23;1-4-10-16(11-5-1)19(17-12-6-2-7-13-17)18-14-8-3-9-15-18/h4-19,21H,2-3,20,30H2,1H3;1-15H. The second kappa shape index (κ2) is 17.1. The van der Waals surface area contributed by atoms with E-state index in [0.717, 1.165) is 25.2 Å². The number of hydrogen-bond acceptors (Lipinski definition) is 2. The molecule has 1 aromatic heterocycles. The lowest BCUT2D eigenvalue weighted by molar-refractivity contribution is 0.309. The summed E-state index contributed by atoms with van der Waals surface area (Å²) in [4.78, 5) is 4.40. The third kappa shape index (κ3) is 8.37. The molecule has 0 unspecified atom stereocenters. The molecule has 0 aliphatic carbocycles. The summed E-state index contributed by atoms with van der Waals surface area (Å²) in [5.74, 6) is 0.953. The van der Waals surface area contributed by atoms with Gasteiger partial charge in [-0.15, -0.1) is 0 Å². The molecule has 0 fully saturated rings. The van der Waals surface area contributed by atoms with Gasteiger partial charge < -0.3 is 9.30 Å². The number of aromatic nitrogens is 2. The normalized spacial score (nSPS) is 11.1. The van der Waals surface area contributed by atoms with Crippen molar-refractivity contribution in [3.05, 3.63) is 206 Å². The number of nitrogens with zero attached hydrogens (tertiary/aromatic N) is 2. The van der Waals surface area contributed by atoms with Gasteiger partial charge in [0.1, 0.15) is 5.75 Å². The number of ether oxygens (including phenoxy) is 1. The SMILES string of the molecule is CCCCOc1ccc([SiH2]C(c2ccccc2)(c2ccccc2)n2ccnc2)cc1.c1ccc(B(c2ccccc2)c2ccccc2)cc1. The summed E-state index contributed by atoms with van der Waals surface area (Å²) in [7, 11) is -0.842. The Morgan fingerprint density at radius 2 is 1.04 bits per heavy atom. The molecule has 0 spiro atoms. The summed E-state index contributed by atoms with van der Waals surface area (Å²) in [6, 6.07) is 62.4. The van der Waals surface area contributed by atoms with Crippen LogP contribution in [0.3, 0.4) is 0 Å². The monoisotopic (exact) mass is 654 g/mol. The van der Waals surface area contributed by atoms with Crippen LogP contribution < -0.4 is 26.3 Å². The Hall–Kier alpha value is -5.39. The molecule has 1 heterocycles. The Labute approximate surface area is 294 Å². The van der Waals surface area contributed by atoms with Gasteiger partial charge in [-0.25, -0.2) is 4.98 Å². The van der Waals surface area contributed by atoms with E-state index < -0.39 is 9.52 Å². The van der Waals surface area contributed by atoms with E-state index in [9.17, 15) is 0 Å². The molecule has 242 valence electrons. The van der Waals surface area contributed by atoms with Crippen LogP contribution in [-0.4, -0.2) is 32.4 Å². The van der Waals surface area contributed by atoms with Crippen molar-refractivity contribution in [2.24, 2.45) is 0 Å². The lowest BCUT2D eigenvalue weighted by Gasteiger charge is -2.37. The quantitative estimate of drug-likeness (QED) is 0.111. The van der Waals surface area contributed by atoms with Crippen molar-refractivity contribution in [1.29, 1.82) is 0 Å². The summed E-state index contributed by atoms with van der Waals surface area (Å²) in [6.07, 6.45) is 8.15. The number of rotatable bonds is 12. The lowest BCUT2D eigenvalue weighted by atomic mass is 9.37. The van der Waals surface area contributed by atoms with Gasteiger partial charge in [0.25, 0.3) is 0 Å². The fourth-order valence-corrected chi connectivity index (χ4v) is 8.83. The maximum absolute atomic E-state index is 5.87. The van der Waals surface area contributed by atoms with Gasteiger partial charge in [-0.2, -0.15) is 0 Å². The van der Waals surface area contributed by atoms with Gasteiger partial charge >= 0.3 is 0 Å². The van der Waals surface area contributed by atoms with Crippen molar-refractivity contribution in [2.75, 3.05) is 6.61 Å². The lowest BCUT2D eigenvalue weighted by Crippen LogP contribution is -2.51. The van der Waals surface area contributed by atoms with Gasteiger partial charge in [0, 0.05) is 12.4 Å². The molecule has 0 aliphatic rings. The summed E-state index contributed by atoms with van der Waals surface area (Å²) in [5, 5.41) is 1.14. The molecule has 0 radical (unpaired) electrons. The number of hydrogen-bond donors (Lipinski definition) is 0. The zero-order valence-electron chi connectivity index (χ0n) is 28.2. The Morgan fingerprint density at radius 3 is 1.45 bits per heavy atom. The molecule has 49 heavy (non-hydrogen) atoms. The smallest absolute Gasteiger partial charge is 0.241 e. The molecule has 5 heteroatoms. The van der Waals surface area contributed by atoms with Crippen molar-refractivity contribution in [3.8, 4) is 5.75 Å². The third-order valence-corrected chi connectivity index (χ3v) is 11.6. The van der Waals surface area contributed by atoms with Crippen LogP contribution in [0.1, 0.15) is 30.9 Å². The molecular formula is C44H43BN2OSi. The van der Waals surface area contributed by atoms with Gasteiger partial charge in [0.05, 0.1) is 27.6 Å². The van der Waals surface area contributed by atoms with E-state index in [1.54, 1.807) is 0 Å². The van der Waals surface area contributed by atoms with Gasteiger partial charge in [-0.1, -0.05) is 199 Å². The minimum absolute atomic E-state index is 0.246. The molecule has 0 saturated heterocycles. The number of unbranched alkanes of at least 4 members (excludes halogenated alkanes) is 1. The highest BCUT2D eigenvalue weighted by Gasteiger charge is 2.36. The van der Waals surface area contributed by atoms with E-state index in [1.807, 2.05) is 12.5 Å². The zero-order valence-corrected chi connectivity index (χ0v) is 29.6. The second-order valence-electron chi connectivity index (χ2n) is 12.3. The van der Waals surface area contributed by atoms with E-state index in [0.29, 0.717) is 6.71 Å². The molecule has 0 N–H and O–H groups in total. The predicted octanol–water partition coefficient (Wildman–Crippen LogP) is 6.51. The van der Waals surface area contributed by atoms with E-state index in [2.05, 4.69) is 199 Å². The molecule has 6 aromatic carbocycles. The summed E-state index contributed by atoms with van der Waals surface area (Å²) >= 11 is 0. The minimum atomic E-state index is -0.842. The van der Waals surface area contributed by atoms with Crippen molar-refractivity contribution in [3.63, 3.8) is 0 Å². The maximum Gasteiger partial charge on any atom is 0.241 e. The van der Waals surface area contributed by atoms with Crippen LogP contribution in [-0.2, 0) is 5.16 Å². The molecule has 0 bridgehead atoms. The first-order valence-electron chi connectivity index (χ1n) is 17.2. The average molecular weight is 655 g/mol.